The zero-order valence-electron chi connectivity index (χ0n) is 10.6. The number of rotatable bonds is 2. The molecule has 0 unspecified atom stereocenters. The second-order valence-corrected chi connectivity index (χ2v) is 5.99. The number of hydrogen-bond acceptors (Lipinski definition) is 3. The molecule has 0 saturated heterocycles. The Morgan fingerprint density at radius 2 is 2.05 bits per heavy atom. The molecule has 3 rings (SSSR count). The molecule has 6 heteroatoms. The first-order chi connectivity index (χ1) is 9.58. The van der Waals surface area contributed by atoms with Crippen LogP contribution in [0.25, 0.3) is 22.4 Å². The Hall–Kier alpha value is -1.53. The van der Waals surface area contributed by atoms with Gasteiger partial charge in [-0.25, -0.2) is 0 Å². The average Bonchev–Trinajstić information content (AvgIpc) is 2.94. The lowest BCUT2D eigenvalue weighted by atomic mass is 10.0. The fourth-order valence-corrected chi connectivity index (χ4v) is 2.94. The standard InChI is InChI=1S/C14H11Br2N3O/c1-19-14(17)11(8-3-2-4-9(15)7-8)12(18-19)10-5-6-20-13(10)16/h2-7H,17H2,1H3. The highest BCUT2D eigenvalue weighted by atomic mass is 79.9. The van der Waals surface area contributed by atoms with Crippen LogP contribution in [0.5, 0.6) is 0 Å². The highest BCUT2D eigenvalue weighted by molar-refractivity contribution is 9.10. The van der Waals surface area contributed by atoms with Gasteiger partial charge in [-0.3, -0.25) is 4.68 Å². The van der Waals surface area contributed by atoms with Gasteiger partial charge in [0.2, 0.25) is 0 Å². The van der Waals surface area contributed by atoms with Crippen LogP contribution in [0.15, 0.2) is 50.2 Å². The Balaban J connectivity index is 2.28. The lowest BCUT2D eigenvalue weighted by Gasteiger charge is -2.04. The fraction of sp³-hybridized carbons (Fsp3) is 0.0714. The molecule has 0 aliphatic heterocycles. The first-order valence-corrected chi connectivity index (χ1v) is 7.48. The quantitative estimate of drug-likeness (QED) is 0.695. The van der Waals surface area contributed by atoms with Gasteiger partial charge in [-0.05, 0) is 39.7 Å². The molecule has 0 aliphatic carbocycles. The summed E-state index contributed by atoms with van der Waals surface area (Å²) < 4.78 is 8.61. The summed E-state index contributed by atoms with van der Waals surface area (Å²) in [6.07, 6.45) is 1.62. The van der Waals surface area contributed by atoms with Crippen LogP contribution in [0.1, 0.15) is 0 Å². The monoisotopic (exact) mass is 395 g/mol. The predicted octanol–water partition coefficient (Wildman–Crippen LogP) is 4.45. The molecule has 0 saturated carbocycles. The van der Waals surface area contributed by atoms with Crippen LogP contribution in [0, 0.1) is 0 Å². The molecule has 0 fully saturated rings. The molecule has 0 aliphatic rings. The molecule has 2 heterocycles. The van der Waals surface area contributed by atoms with Crippen molar-refractivity contribution in [3.8, 4) is 22.4 Å². The molecule has 20 heavy (non-hydrogen) atoms. The highest BCUT2D eigenvalue weighted by Crippen LogP contribution is 2.39. The second-order valence-electron chi connectivity index (χ2n) is 4.35. The second kappa shape index (κ2) is 5.10. The predicted molar refractivity (Wildman–Crippen MR) is 86.2 cm³/mol. The maximum absolute atomic E-state index is 6.18. The fourth-order valence-electron chi connectivity index (χ4n) is 2.12. The van der Waals surface area contributed by atoms with E-state index < -0.39 is 0 Å². The Morgan fingerprint density at radius 3 is 2.70 bits per heavy atom. The van der Waals surface area contributed by atoms with Crippen LogP contribution in [0.2, 0.25) is 0 Å². The van der Waals surface area contributed by atoms with E-state index in [2.05, 4.69) is 37.0 Å². The third-order valence-electron chi connectivity index (χ3n) is 3.08. The number of aryl methyl sites for hydroxylation is 1. The van der Waals surface area contributed by atoms with Gasteiger partial charge in [0.25, 0.3) is 0 Å². The molecule has 0 amide bonds. The molecule has 0 spiro atoms. The van der Waals surface area contributed by atoms with Crippen LogP contribution in [-0.2, 0) is 7.05 Å². The van der Waals surface area contributed by atoms with Gasteiger partial charge < -0.3 is 10.2 Å². The van der Waals surface area contributed by atoms with E-state index in [1.807, 2.05) is 37.4 Å². The largest absolute Gasteiger partial charge is 0.457 e. The first kappa shape index (κ1) is 13.5. The Labute approximate surface area is 132 Å². The van der Waals surface area contributed by atoms with Crippen molar-refractivity contribution >= 4 is 37.7 Å². The Kier molecular flexibility index (Phi) is 3.43. The molecular weight excluding hydrogens is 386 g/mol. The zero-order chi connectivity index (χ0) is 14.3. The summed E-state index contributed by atoms with van der Waals surface area (Å²) in [5, 5.41) is 4.51. The number of hydrogen-bond donors (Lipinski definition) is 1. The number of halogens is 2. The number of nitrogens with two attached hydrogens (primary N) is 1. The number of aromatic nitrogens is 2. The van der Waals surface area contributed by atoms with Gasteiger partial charge in [-0.15, -0.1) is 0 Å². The van der Waals surface area contributed by atoms with Crippen molar-refractivity contribution in [2.45, 2.75) is 0 Å². The topological polar surface area (TPSA) is 57.0 Å². The number of nitrogens with zero attached hydrogens (tertiary/aromatic N) is 2. The molecule has 1 aromatic carbocycles. The SMILES string of the molecule is Cn1nc(-c2ccoc2Br)c(-c2cccc(Br)c2)c1N. The van der Waals surface area contributed by atoms with E-state index in [4.69, 9.17) is 10.2 Å². The minimum Gasteiger partial charge on any atom is -0.457 e. The van der Waals surface area contributed by atoms with Crippen LogP contribution in [-0.4, -0.2) is 9.78 Å². The van der Waals surface area contributed by atoms with Gasteiger partial charge in [0.15, 0.2) is 4.67 Å². The maximum Gasteiger partial charge on any atom is 0.178 e. The lowest BCUT2D eigenvalue weighted by Crippen LogP contribution is -1.97. The lowest BCUT2D eigenvalue weighted by molar-refractivity contribution is 0.542. The van der Waals surface area contributed by atoms with Crippen molar-refractivity contribution in [2.75, 3.05) is 5.73 Å². The molecule has 2 N–H and O–H groups in total. The third kappa shape index (κ3) is 2.19. The molecule has 0 bridgehead atoms. The van der Waals surface area contributed by atoms with Gasteiger partial charge in [0, 0.05) is 11.5 Å². The van der Waals surface area contributed by atoms with E-state index in [1.54, 1.807) is 10.9 Å². The van der Waals surface area contributed by atoms with Gasteiger partial charge in [-0.2, -0.15) is 5.10 Å². The Morgan fingerprint density at radius 1 is 1.25 bits per heavy atom. The molecule has 0 atom stereocenters. The zero-order valence-corrected chi connectivity index (χ0v) is 13.8. The van der Waals surface area contributed by atoms with Crippen LogP contribution >= 0.6 is 31.9 Å². The average molecular weight is 397 g/mol. The number of benzene rings is 1. The number of furan rings is 1. The minimum absolute atomic E-state index is 0.617. The number of anilines is 1. The van der Waals surface area contributed by atoms with Gasteiger partial charge in [0.1, 0.15) is 11.5 Å². The van der Waals surface area contributed by atoms with E-state index >= 15 is 0 Å². The molecule has 4 nitrogen and oxygen atoms in total. The van der Waals surface area contributed by atoms with Crippen molar-refractivity contribution < 1.29 is 4.42 Å². The minimum atomic E-state index is 0.617. The van der Waals surface area contributed by atoms with Crippen LogP contribution < -0.4 is 5.73 Å². The van der Waals surface area contributed by atoms with Crippen molar-refractivity contribution in [3.63, 3.8) is 0 Å². The van der Waals surface area contributed by atoms with E-state index in [9.17, 15) is 0 Å². The molecule has 102 valence electrons. The third-order valence-corrected chi connectivity index (χ3v) is 4.19. The van der Waals surface area contributed by atoms with E-state index in [0.29, 0.717) is 10.5 Å². The van der Waals surface area contributed by atoms with E-state index in [0.717, 1.165) is 26.9 Å². The van der Waals surface area contributed by atoms with Crippen molar-refractivity contribution in [2.24, 2.45) is 7.05 Å². The van der Waals surface area contributed by atoms with Gasteiger partial charge in [-0.1, -0.05) is 28.1 Å². The van der Waals surface area contributed by atoms with Crippen molar-refractivity contribution in [3.05, 3.63) is 45.7 Å². The van der Waals surface area contributed by atoms with E-state index in [-0.39, 0.29) is 0 Å². The van der Waals surface area contributed by atoms with Crippen molar-refractivity contribution in [1.29, 1.82) is 0 Å². The molecular formula is C14H11Br2N3O. The summed E-state index contributed by atoms with van der Waals surface area (Å²) in [7, 11) is 1.83. The molecule has 2 aromatic heterocycles. The van der Waals surface area contributed by atoms with Crippen molar-refractivity contribution in [1.82, 2.24) is 9.78 Å². The highest BCUT2D eigenvalue weighted by Gasteiger charge is 2.20. The molecule has 0 radical (unpaired) electrons. The molecule has 3 aromatic rings. The summed E-state index contributed by atoms with van der Waals surface area (Å²) in [6, 6.07) is 9.84. The number of nitrogen functional groups attached to an aromatic ring is 1. The van der Waals surface area contributed by atoms with Gasteiger partial charge >= 0.3 is 0 Å². The van der Waals surface area contributed by atoms with Crippen LogP contribution in [0.4, 0.5) is 5.82 Å². The smallest absolute Gasteiger partial charge is 0.178 e. The Bertz CT molecular complexity index is 777. The normalized spacial score (nSPS) is 10.9. The maximum atomic E-state index is 6.18. The summed E-state index contributed by atoms with van der Waals surface area (Å²) >= 11 is 6.87. The van der Waals surface area contributed by atoms with Crippen LogP contribution in [0.3, 0.4) is 0 Å². The van der Waals surface area contributed by atoms with Gasteiger partial charge in [0.05, 0.1) is 17.4 Å². The summed E-state index contributed by atoms with van der Waals surface area (Å²) in [6.45, 7) is 0. The summed E-state index contributed by atoms with van der Waals surface area (Å²) in [5.41, 5.74) is 9.76. The summed E-state index contributed by atoms with van der Waals surface area (Å²) in [5.74, 6) is 0.617. The summed E-state index contributed by atoms with van der Waals surface area (Å²) in [4.78, 5) is 0. The van der Waals surface area contributed by atoms with E-state index in [1.165, 1.54) is 0 Å². The first-order valence-electron chi connectivity index (χ1n) is 5.89.